The largest absolute Gasteiger partial charge is 0.339 e. The Morgan fingerprint density at radius 2 is 1.85 bits per heavy atom. The smallest absolute Gasteiger partial charge is 0.194 e. The maximum Gasteiger partial charge on any atom is 0.194 e. The van der Waals surface area contributed by atoms with Gasteiger partial charge in [0.2, 0.25) is 0 Å². The van der Waals surface area contributed by atoms with E-state index >= 15 is 0 Å². The summed E-state index contributed by atoms with van der Waals surface area (Å²) in [5.74, 6) is 1.12. The second-order valence-electron chi connectivity index (χ2n) is 7.38. The van der Waals surface area contributed by atoms with Crippen LogP contribution >= 0.6 is 22.6 Å². The Kier molecular flexibility index (Phi) is 4.75. The van der Waals surface area contributed by atoms with Crippen molar-refractivity contribution < 1.29 is 0 Å². The van der Waals surface area contributed by atoms with Crippen LogP contribution in [0.1, 0.15) is 37.7 Å². The first-order chi connectivity index (χ1) is 13.0. The summed E-state index contributed by atoms with van der Waals surface area (Å²) in [7, 11) is 0. The lowest BCUT2D eigenvalue weighted by Crippen LogP contribution is -2.30. The van der Waals surface area contributed by atoms with Crippen molar-refractivity contribution in [3.05, 3.63) is 75.2 Å². The molecule has 0 saturated heterocycles. The van der Waals surface area contributed by atoms with E-state index in [1.54, 1.807) is 0 Å². The first-order valence-electron chi connectivity index (χ1n) is 9.07. The van der Waals surface area contributed by atoms with Crippen LogP contribution in [0.4, 0.5) is 0 Å². The third kappa shape index (κ3) is 3.16. The molecular formula is C21H22IN5. The highest BCUT2D eigenvalue weighted by molar-refractivity contribution is 14.1. The van der Waals surface area contributed by atoms with Gasteiger partial charge in [0.15, 0.2) is 5.82 Å². The molecule has 2 aromatic heterocycles. The molecule has 4 aromatic rings. The van der Waals surface area contributed by atoms with E-state index in [1.165, 1.54) is 25.6 Å². The van der Waals surface area contributed by atoms with Crippen LogP contribution in [0.25, 0.3) is 10.9 Å². The first kappa shape index (κ1) is 18.2. The highest BCUT2D eigenvalue weighted by atomic mass is 127. The minimum Gasteiger partial charge on any atom is -0.339 e. The molecular weight excluding hydrogens is 449 g/mol. The lowest BCUT2D eigenvalue weighted by Gasteiger charge is -2.35. The summed E-state index contributed by atoms with van der Waals surface area (Å²) in [5.41, 5.74) is 3.75. The van der Waals surface area contributed by atoms with E-state index in [9.17, 15) is 0 Å². The SMILES string of the molecule is CC(C)C(C)(c1ccc(I)cc1)c1cn(Cc2nn[nH]n2)c2ccccc12. The van der Waals surface area contributed by atoms with Gasteiger partial charge in [-0.05, 0) is 57.8 Å². The van der Waals surface area contributed by atoms with Crippen molar-refractivity contribution in [3.63, 3.8) is 0 Å². The van der Waals surface area contributed by atoms with E-state index in [4.69, 9.17) is 0 Å². The molecule has 2 aromatic carbocycles. The van der Waals surface area contributed by atoms with Crippen LogP contribution in [0.2, 0.25) is 0 Å². The van der Waals surface area contributed by atoms with E-state index in [1.807, 2.05) is 0 Å². The zero-order valence-corrected chi connectivity index (χ0v) is 17.8. The number of para-hydroxylation sites is 1. The topological polar surface area (TPSA) is 59.4 Å². The van der Waals surface area contributed by atoms with Crippen LogP contribution < -0.4 is 0 Å². The predicted molar refractivity (Wildman–Crippen MR) is 116 cm³/mol. The molecule has 2 heterocycles. The molecule has 0 bridgehead atoms. The van der Waals surface area contributed by atoms with Gasteiger partial charge in [-0.3, -0.25) is 0 Å². The standard InChI is InChI=1S/C21H22IN5/c1-14(2)21(3,15-8-10-16(22)11-9-15)18-12-27(13-20-23-25-26-24-20)19-7-5-4-6-17(18)19/h4-12,14H,13H2,1-3H3,(H,23,24,25,26). The third-order valence-corrected chi connectivity index (χ3v) is 6.37. The molecule has 4 rings (SSSR count). The summed E-state index contributed by atoms with van der Waals surface area (Å²) >= 11 is 2.36. The van der Waals surface area contributed by atoms with Crippen molar-refractivity contribution in [2.24, 2.45) is 5.92 Å². The Hall–Kier alpha value is -2.22. The van der Waals surface area contributed by atoms with Crippen LogP contribution in [0.15, 0.2) is 54.7 Å². The van der Waals surface area contributed by atoms with Gasteiger partial charge in [0.25, 0.3) is 0 Å². The molecule has 5 nitrogen and oxygen atoms in total. The number of H-pyrrole nitrogens is 1. The van der Waals surface area contributed by atoms with Gasteiger partial charge in [-0.1, -0.05) is 56.3 Å². The van der Waals surface area contributed by atoms with Crippen LogP contribution in [-0.2, 0) is 12.0 Å². The Bertz CT molecular complexity index is 1050. The first-order valence-corrected chi connectivity index (χ1v) is 10.1. The molecule has 0 saturated carbocycles. The Labute approximate surface area is 172 Å². The summed E-state index contributed by atoms with van der Waals surface area (Å²) in [4.78, 5) is 0. The number of halogens is 1. The van der Waals surface area contributed by atoms with Crippen LogP contribution in [-0.4, -0.2) is 25.2 Å². The summed E-state index contributed by atoms with van der Waals surface area (Å²) in [5, 5.41) is 15.7. The number of benzene rings is 2. The number of nitrogens with zero attached hydrogens (tertiary/aromatic N) is 4. The predicted octanol–water partition coefficient (Wildman–Crippen LogP) is 4.77. The number of fused-ring (bicyclic) bond motifs is 1. The zero-order valence-electron chi connectivity index (χ0n) is 15.6. The monoisotopic (exact) mass is 471 g/mol. The van der Waals surface area contributed by atoms with Gasteiger partial charge >= 0.3 is 0 Å². The molecule has 0 amide bonds. The summed E-state index contributed by atoms with van der Waals surface area (Å²) in [6, 6.07) is 17.5. The third-order valence-electron chi connectivity index (χ3n) is 5.65. The number of hydrogen-bond donors (Lipinski definition) is 1. The van der Waals surface area contributed by atoms with Crippen LogP contribution in [0.3, 0.4) is 0 Å². The number of aromatic amines is 1. The van der Waals surface area contributed by atoms with Crippen molar-refractivity contribution >= 4 is 33.5 Å². The molecule has 0 aliphatic carbocycles. The van der Waals surface area contributed by atoms with E-state index < -0.39 is 0 Å². The van der Waals surface area contributed by atoms with Crippen molar-refractivity contribution in [1.29, 1.82) is 0 Å². The molecule has 1 atom stereocenters. The van der Waals surface area contributed by atoms with Crippen molar-refractivity contribution in [2.45, 2.75) is 32.7 Å². The number of hydrogen-bond acceptors (Lipinski definition) is 3. The molecule has 0 aliphatic heterocycles. The molecule has 0 radical (unpaired) electrons. The molecule has 138 valence electrons. The Morgan fingerprint density at radius 3 is 2.52 bits per heavy atom. The van der Waals surface area contributed by atoms with E-state index in [0.29, 0.717) is 18.3 Å². The number of rotatable bonds is 5. The molecule has 27 heavy (non-hydrogen) atoms. The maximum atomic E-state index is 4.12. The van der Waals surface area contributed by atoms with Crippen molar-refractivity contribution in [3.8, 4) is 0 Å². The Morgan fingerprint density at radius 1 is 1.11 bits per heavy atom. The van der Waals surface area contributed by atoms with Crippen LogP contribution in [0, 0.1) is 9.49 Å². The average Bonchev–Trinajstić information content (AvgIpc) is 3.30. The fraction of sp³-hybridized carbons (Fsp3) is 0.286. The van der Waals surface area contributed by atoms with Crippen molar-refractivity contribution in [2.75, 3.05) is 0 Å². The van der Waals surface area contributed by atoms with Crippen LogP contribution in [0.5, 0.6) is 0 Å². The second-order valence-corrected chi connectivity index (χ2v) is 8.63. The van der Waals surface area contributed by atoms with Gasteiger partial charge in [0, 0.05) is 26.1 Å². The van der Waals surface area contributed by atoms with Gasteiger partial charge < -0.3 is 4.57 Å². The fourth-order valence-electron chi connectivity index (χ4n) is 3.79. The minimum absolute atomic E-state index is 0.105. The molecule has 0 fully saturated rings. The van der Waals surface area contributed by atoms with Gasteiger partial charge in [-0.15, -0.1) is 10.2 Å². The average molecular weight is 471 g/mol. The Balaban J connectivity index is 1.91. The second kappa shape index (κ2) is 7.07. The highest BCUT2D eigenvalue weighted by Crippen LogP contribution is 2.43. The minimum atomic E-state index is -0.105. The van der Waals surface area contributed by atoms with E-state index in [-0.39, 0.29) is 5.41 Å². The lowest BCUT2D eigenvalue weighted by molar-refractivity contribution is 0.407. The summed E-state index contributed by atoms with van der Waals surface area (Å²) < 4.78 is 3.48. The normalized spacial score (nSPS) is 14.0. The van der Waals surface area contributed by atoms with Gasteiger partial charge in [-0.25, -0.2) is 0 Å². The highest BCUT2D eigenvalue weighted by Gasteiger charge is 2.35. The quantitative estimate of drug-likeness (QED) is 0.427. The number of nitrogens with one attached hydrogen (secondary N) is 1. The lowest BCUT2D eigenvalue weighted by atomic mass is 9.68. The van der Waals surface area contributed by atoms with Gasteiger partial charge in [0.05, 0.1) is 6.54 Å². The molecule has 1 unspecified atom stereocenters. The summed E-state index contributed by atoms with van der Waals surface area (Å²) in [6.45, 7) is 7.53. The van der Waals surface area contributed by atoms with Crippen molar-refractivity contribution in [1.82, 2.24) is 25.2 Å². The number of tetrazole rings is 1. The molecule has 6 heteroatoms. The van der Waals surface area contributed by atoms with Gasteiger partial charge in [0.1, 0.15) is 0 Å². The number of aromatic nitrogens is 5. The molecule has 1 N–H and O–H groups in total. The maximum absolute atomic E-state index is 4.12. The van der Waals surface area contributed by atoms with Gasteiger partial charge in [-0.2, -0.15) is 5.21 Å². The van der Waals surface area contributed by atoms with E-state index in [0.717, 1.165) is 0 Å². The fourth-order valence-corrected chi connectivity index (χ4v) is 4.15. The van der Waals surface area contributed by atoms with E-state index in [2.05, 4.69) is 123 Å². The zero-order chi connectivity index (χ0) is 19.0. The molecule has 0 spiro atoms. The summed E-state index contributed by atoms with van der Waals surface area (Å²) in [6.07, 6.45) is 2.26. The molecule has 0 aliphatic rings.